The first-order valence-electron chi connectivity index (χ1n) is 2.82. The van der Waals surface area contributed by atoms with Gasteiger partial charge in [0.2, 0.25) is 31.5 Å². The Balaban J connectivity index is 4.05. The predicted molar refractivity (Wildman–Crippen MR) is 44.8 cm³/mol. The highest BCUT2D eigenvalue weighted by molar-refractivity contribution is 6.71. The van der Waals surface area contributed by atoms with Crippen LogP contribution < -0.4 is 0 Å². The Hall–Kier alpha value is 0.772. The maximum Gasteiger partial charge on any atom is 0.631 e. The normalized spacial score (nSPS) is 11.7. The average molecular weight is 217 g/mol. The van der Waals surface area contributed by atoms with Gasteiger partial charge in [0.15, 0.2) is 0 Å². The van der Waals surface area contributed by atoms with Crippen molar-refractivity contribution >= 4 is 47.4 Å². The minimum absolute atomic E-state index is 0.0503. The summed E-state index contributed by atoms with van der Waals surface area (Å²) in [6, 6.07) is 0. The van der Waals surface area contributed by atoms with Crippen LogP contribution in [0.1, 0.15) is 0 Å². The Morgan fingerprint density at radius 3 is 1.45 bits per heavy atom. The van der Waals surface area contributed by atoms with Gasteiger partial charge in [0, 0.05) is 0 Å². The van der Waals surface area contributed by atoms with E-state index < -0.39 is 9.05 Å². The quantitative estimate of drug-likeness (QED) is 0.553. The zero-order valence-electron chi connectivity index (χ0n) is 6.21. The van der Waals surface area contributed by atoms with Gasteiger partial charge in [-0.15, -0.1) is 0 Å². The Bertz CT molecular complexity index is 100. The van der Waals surface area contributed by atoms with E-state index in [2.05, 4.69) is 31.5 Å². The molecule has 0 fully saturated rings. The molecular formula is C2H6BO4Si4. The fourth-order valence-electron chi connectivity index (χ4n) is 0.423. The van der Waals surface area contributed by atoms with Crippen LogP contribution in [0.2, 0.25) is 13.6 Å². The Kier molecular flexibility index (Phi) is 5.80. The molecule has 0 spiro atoms. The number of hydrogen-bond donors (Lipinski definition) is 0. The summed E-state index contributed by atoms with van der Waals surface area (Å²) in [5, 5.41) is 0. The third kappa shape index (κ3) is 3.80. The van der Waals surface area contributed by atoms with E-state index in [-0.39, 0.29) is 6.92 Å². The lowest BCUT2D eigenvalue weighted by molar-refractivity contribution is 0.182. The Morgan fingerprint density at radius 2 is 1.36 bits per heavy atom. The first-order valence-corrected chi connectivity index (χ1v) is 5.68. The molecule has 0 saturated heterocycles. The minimum atomic E-state index is -3.04. The zero-order valence-corrected chi connectivity index (χ0v) is 10.2. The van der Waals surface area contributed by atoms with Crippen molar-refractivity contribution in [3.05, 3.63) is 0 Å². The topological polar surface area (TPSA) is 36.9 Å². The van der Waals surface area contributed by atoms with Gasteiger partial charge < -0.3 is 16.7 Å². The number of hydrogen-bond acceptors (Lipinski definition) is 4. The van der Waals surface area contributed by atoms with Crippen molar-refractivity contribution in [1.82, 2.24) is 0 Å². The molecule has 0 bridgehead atoms. The van der Waals surface area contributed by atoms with Crippen LogP contribution in [0.4, 0.5) is 0 Å². The molecule has 0 aliphatic rings. The molecule has 0 aliphatic heterocycles. The molecule has 0 aromatic rings. The van der Waals surface area contributed by atoms with Crippen LogP contribution in [0.25, 0.3) is 0 Å². The summed E-state index contributed by atoms with van der Waals surface area (Å²) in [5.74, 6) is 0. The first-order chi connectivity index (χ1) is 5.10. The van der Waals surface area contributed by atoms with Gasteiger partial charge in [0.05, 0.1) is 0 Å². The highest BCUT2D eigenvalue weighted by Crippen LogP contribution is 2.07. The molecule has 0 saturated carbocycles. The minimum Gasteiger partial charge on any atom is -0.416 e. The zero-order chi connectivity index (χ0) is 8.91. The van der Waals surface area contributed by atoms with Crippen LogP contribution in [-0.4, -0.2) is 47.4 Å². The van der Waals surface area contributed by atoms with Crippen molar-refractivity contribution < 1.29 is 16.7 Å². The second-order valence-corrected chi connectivity index (χ2v) is 5.66. The molecule has 0 unspecified atom stereocenters. The van der Waals surface area contributed by atoms with Gasteiger partial charge in [-0.05, 0) is 0 Å². The lowest BCUT2D eigenvalue weighted by Gasteiger charge is -2.25. The van der Waals surface area contributed by atoms with Gasteiger partial charge in [0.1, 0.15) is 0 Å². The van der Waals surface area contributed by atoms with Crippen molar-refractivity contribution in [2.45, 2.75) is 13.6 Å². The Morgan fingerprint density at radius 1 is 1.00 bits per heavy atom. The van der Waals surface area contributed by atoms with Crippen LogP contribution in [0.5, 0.6) is 0 Å². The molecule has 9 heteroatoms. The van der Waals surface area contributed by atoms with Crippen molar-refractivity contribution in [2.75, 3.05) is 0 Å². The third-order valence-electron chi connectivity index (χ3n) is 0.755. The summed E-state index contributed by atoms with van der Waals surface area (Å²) >= 11 is 0. The molecule has 0 rings (SSSR count). The summed E-state index contributed by atoms with van der Waals surface area (Å²) in [5.41, 5.74) is 0. The van der Waals surface area contributed by atoms with E-state index in [0.717, 1.165) is 0 Å². The van der Waals surface area contributed by atoms with E-state index in [0.29, 0.717) is 0 Å². The standard InChI is InChI=1S/C2H6BO4Si4/c1-3(2)4-11(5-8,6-9)7-10/h1-2H3. The maximum atomic E-state index is 5.21. The molecule has 11 heavy (non-hydrogen) atoms. The molecule has 0 aromatic heterocycles. The lowest BCUT2D eigenvalue weighted by atomic mass is 9.76. The van der Waals surface area contributed by atoms with Crippen molar-refractivity contribution in [3.8, 4) is 0 Å². The van der Waals surface area contributed by atoms with Crippen molar-refractivity contribution in [1.29, 1.82) is 0 Å². The first kappa shape index (κ1) is 11.8. The molecule has 0 aliphatic carbocycles. The van der Waals surface area contributed by atoms with E-state index >= 15 is 0 Å². The van der Waals surface area contributed by atoms with Gasteiger partial charge in [-0.3, -0.25) is 0 Å². The second kappa shape index (κ2) is 5.42. The van der Waals surface area contributed by atoms with Gasteiger partial charge in [0.25, 0.3) is 6.92 Å². The fourth-order valence-corrected chi connectivity index (χ4v) is 3.20. The summed E-state index contributed by atoms with van der Waals surface area (Å²) < 4.78 is 19.4. The van der Waals surface area contributed by atoms with E-state index in [9.17, 15) is 0 Å². The monoisotopic (exact) mass is 217 g/mol. The molecule has 9 radical (unpaired) electrons. The van der Waals surface area contributed by atoms with E-state index in [4.69, 9.17) is 16.7 Å². The molecule has 0 heterocycles. The largest absolute Gasteiger partial charge is 0.631 e. The fraction of sp³-hybridized carbons (Fsp3) is 1.00. The summed E-state index contributed by atoms with van der Waals surface area (Å²) in [7, 11) is 5.34. The molecule has 57 valence electrons. The molecular weight excluding hydrogens is 211 g/mol. The highest BCUT2D eigenvalue weighted by atomic mass is 28.5. The smallest absolute Gasteiger partial charge is 0.416 e. The molecule has 0 aromatic carbocycles. The maximum absolute atomic E-state index is 5.21. The van der Waals surface area contributed by atoms with E-state index in [1.165, 1.54) is 0 Å². The van der Waals surface area contributed by atoms with Crippen molar-refractivity contribution in [3.63, 3.8) is 0 Å². The SMILES string of the molecule is CB(C)O[Si](O[Si])(O[Si])O[Si]. The Labute approximate surface area is 78.2 Å². The van der Waals surface area contributed by atoms with Gasteiger partial charge in [-0.25, -0.2) is 0 Å². The molecule has 4 nitrogen and oxygen atoms in total. The summed E-state index contributed by atoms with van der Waals surface area (Å²) in [6.45, 7) is 3.62. The van der Waals surface area contributed by atoms with Crippen molar-refractivity contribution in [2.24, 2.45) is 0 Å². The van der Waals surface area contributed by atoms with Gasteiger partial charge >= 0.3 is 9.05 Å². The molecule has 0 N–H and O–H groups in total. The van der Waals surface area contributed by atoms with Crippen LogP contribution in [-0.2, 0) is 16.7 Å². The van der Waals surface area contributed by atoms with E-state index in [1.54, 1.807) is 0 Å². The van der Waals surface area contributed by atoms with Crippen LogP contribution in [0, 0.1) is 0 Å². The lowest BCUT2D eigenvalue weighted by Crippen LogP contribution is -2.50. The average Bonchev–Trinajstić information content (AvgIpc) is 2.00. The second-order valence-electron chi connectivity index (χ2n) is 1.97. The summed E-state index contributed by atoms with van der Waals surface area (Å²) in [6.07, 6.45) is 0. The highest BCUT2D eigenvalue weighted by Gasteiger charge is 2.41. The van der Waals surface area contributed by atoms with Crippen LogP contribution in [0.15, 0.2) is 0 Å². The summed E-state index contributed by atoms with van der Waals surface area (Å²) in [4.78, 5) is 0. The third-order valence-corrected chi connectivity index (χ3v) is 4.52. The van der Waals surface area contributed by atoms with Gasteiger partial charge in [-0.1, -0.05) is 13.6 Å². The van der Waals surface area contributed by atoms with Crippen LogP contribution >= 0.6 is 0 Å². The van der Waals surface area contributed by atoms with E-state index in [1.807, 2.05) is 13.6 Å². The predicted octanol–water partition coefficient (Wildman–Crippen LogP) is -1.01. The van der Waals surface area contributed by atoms with Crippen LogP contribution in [0.3, 0.4) is 0 Å². The number of rotatable bonds is 5. The molecule has 0 atom stereocenters. The van der Waals surface area contributed by atoms with Gasteiger partial charge in [-0.2, -0.15) is 0 Å². The molecule has 0 amide bonds.